The lowest BCUT2D eigenvalue weighted by molar-refractivity contribution is -0.135. The van der Waals surface area contributed by atoms with E-state index < -0.39 is 0 Å². The highest BCUT2D eigenvalue weighted by atomic mass is 16.5. The Kier molecular flexibility index (Phi) is 4.33. The fraction of sp³-hybridized carbons (Fsp3) is 0.533. The standard InChI is InChI=1S/C15H22O2/c1-11(2)9-14(16)17-13-8-6-7-12(10-13)15(3,4)5/h6-8,10-11H,9H2,1-5H3. The van der Waals surface area contributed by atoms with Gasteiger partial charge in [0.05, 0.1) is 0 Å². The van der Waals surface area contributed by atoms with Crippen LogP contribution in [0.1, 0.15) is 46.6 Å². The highest BCUT2D eigenvalue weighted by Gasteiger charge is 2.15. The third-order valence-electron chi connectivity index (χ3n) is 2.51. The second kappa shape index (κ2) is 5.35. The van der Waals surface area contributed by atoms with E-state index >= 15 is 0 Å². The van der Waals surface area contributed by atoms with E-state index in [2.05, 4.69) is 26.8 Å². The molecule has 0 aromatic heterocycles. The van der Waals surface area contributed by atoms with E-state index in [4.69, 9.17) is 4.74 Å². The summed E-state index contributed by atoms with van der Waals surface area (Å²) < 4.78 is 5.32. The molecule has 0 spiro atoms. The Balaban J connectivity index is 2.76. The van der Waals surface area contributed by atoms with E-state index in [-0.39, 0.29) is 11.4 Å². The minimum absolute atomic E-state index is 0.0699. The number of hydrogen-bond acceptors (Lipinski definition) is 2. The van der Waals surface area contributed by atoms with Crippen LogP contribution in [0.25, 0.3) is 0 Å². The van der Waals surface area contributed by atoms with Crippen LogP contribution < -0.4 is 4.74 Å². The first-order chi connectivity index (χ1) is 7.79. The number of carbonyl (C=O) groups excluding carboxylic acids is 1. The molecule has 0 saturated heterocycles. The van der Waals surface area contributed by atoms with Crippen LogP contribution in [0.2, 0.25) is 0 Å². The van der Waals surface area contributed by atoms with Gasteiger partial charge < -0.3 is 4.74 Å². The number of rotatable bonds is 3. The van der Waals surface area contributed by atoms with Gasteiger partial charge in [-0.1, -0.05) is 46.8 Å². The first-order valence-electron chi connectivity index (χ1n) is 6.10. The molecule has 0 fully saturated rings. The van der Waals surface area contributed by atoms with E-state index in [0.717, 1.165) is 0 Å². The van der Waals surface area contributed by atoms with Gasteiger partial charge in [0.25, 0.3) is 0 Å². The summed E-state index contributed by atoms with van der Waals surface area (Å²) in [5, 5.41) is 0. The molecule has 1 aromatic carbocycles. The van der Waals surface area contributed by atoms with Crippen molar-refractivity contribution in [3.8, 4) is 5.75 Å². The number of esters is 1. The summed E-state index contributed by atoms with van der Waals surface area (Å²) in [5.41, 5.74) is 1.24. The van der Waals surface area contributed by atoms with Crippen molar-refractivity contribution in [1.29, 1.82) is 0 Å². The van der Waals surface area contributed by atoms with E-state index in [1.165, 1.54) is 5.56 Å². The molecule has 0 amide bonds. The van der Waals surface area contributed by atoms with Gasteiger partial charge in [-0.3, -0.25) is 4.79 Å². The van der Waals surface area contributed by atoms with Gasteiger partial charge in [-0.05, 0) is 29.0 Å². The molecule has 94 valence electrons. The fourth-order valence-corrected chi connectivity index (χ4v) is 1.53. The van der Waals surface area contributed by atoms with E-state index in [1.54, 1.807) is 0 Å². The molecule has 0 radical (unpaired) electrons. The van der Waals surface area contributed by atoms with Crippen molar-refractivity contribution in [2.75, 3.05) is 0 Å². The van der Waals surface area contributed by atoms with Crippen LogP contribution in [0.3, 0.4) is 0 Å². The van der Waals surface area contributed by atoms with Crippen LogP contribution in [0.15, 0.2) is 24.3 Å². The monoisotopic (exact) mass is 234 g/mol. The largest absolute Gasteiger partial charge is 0.427 e. The maximum absolute atomic E-state index is 11.6. The summed E-state index contributed by atoms with van der Waals surface area (Å²) in [6, 6.07) is 7.75. The number of benzene rings is 1. The SMILES string of the molecule is CC(C)CC(=O)Oc1cccc(C(C)(C)C)c1. The molecule has 0 N–H and O–H groups in total. The van der Waals surface area contributed by atoms with Gasteiger partial charge in [0.1, 0.15) is 5.75 Å². The van der Waals surface area contributed by atoms with Crippen molar-refractivity contribution in [1.82, 2.24) is 0 Å². The second-order valence-electron chi connectivity index (χ2n) is 5.85. The van der Waals surface area contributed by atoms with E-state index in [9.17, 15) is 4.79 Å². The van der Waals surface area contributed by atoms with E-state index in [0.29, 0.717) is 18.1 Å². The normalized spacial score (nSPS) is 11.6. The summed E-state index contributed by atoms with van der Waals surface area (Å²) in [6.45, 7) is 10.4. The molecule has 1 rings (SSSR count). The van der Waals surface area contributed by atoms with Gasteiger partial charge in [-0.25, -0.2) is 0 Å². The molecule has 0 aliphatic carbocycles. The predicted molar refractivity (Wildman–Crippen MR) is 70.2 cm³/mol. The lowest BCUT2D eigenvalue weighted by Crippen LogP contribution is -2.13. The third kappa shape index (κ3) is 4.59. The molecule has 2 heteroatoms. The average Bonchev–Trinajstić information content (AvgIpc) is 2.15. The summed E-state index contributed by atoms with van der Waals surface area (Å²) in [7, 11) is 0. The van der Waals surface area contributed by atoms with Gasteiger partial charge in [-0.15, -0.1) is 0 Å². The van der Waals surface area contributed by atoms with Crippen molar-refractivity contribution in [3.05, 3.63) is 29.8 Å². The van der Waals surface area contributed by atoms with Gasteiger partial charge in [0.2, 0.25) is 0 Å². The van der Waals surface area contributed by atoms with Crippen molar-refractivity contribution in [2.45, 2.75) is 46.5 Å². The number of hydrogen-bond donors (Lipinski definition) is 0. The maximum atomic E-state index is 11.6. The molecular formula is C15H22O2. The van der Waals surface area contributed by atoms with Gasteiger partial charge in [0, 0.05) is 6.42 Å². The lowest BCUT2D eigenvalue weighted by atomic mass is 9.87. The molecule has 2 nitrogen and oxygen atoms in total. The average molecular weight is 234 g/mol. The summed E-state index contributed by atoms with van der Waals surface area (Å²) in [5.74, 6) is 0.808. The van der Waals surface area contributed by atoms with Crippen LogP contribution in [-0.4, -0.2) is 5.97 Å². The first-order valence-corrected chi connectivity index (χ1v) is 6.10. The van der Waals surface area contributed by atoms with Crippen LogP contribution in [0.4, 0.5) is 0 Å². The maximum Gasteiger partial charge on any atom is 0.311 e. The highest BCUT2D eigenvalue weighted by molar-refractivity contribution is 5.72. The fourth-order valence-electron chi connectivity index (χ4n) is 1.53. The molecule has 1 aromatic rings. The molecule has 0 heterocycles. The molecule has 0 aliphatic rings. The minimum atomic E-state index is -0.161. The molecule has 0 unspecified atom stereocenters. The van der Waals surface area contributed by atoms with Crippen molar-refractivity contribution < 1.29 is 9.53 Å². The molecule has 0 bridgehead atoms. The number of carbonyl (C=O) groups is 1. The van der Waals surface area contributed by atoms with Crippen LogP contribution in [0.5, 0.6) is 5.75 Å². The Morgan fingerprint density at radius 2 is 1.94 bits per heavy atom. The number of ether oxygens (including phenoxy) is 1. The smallest absolute Gasteiger partial charge is 0.311 e. The Morgan fingerprint density at radius 3 is 2.47 bits per heavy atom. The van der Waals surface area contributed by atoms with Crippen molar-refractivity contribution in [3.63, 3.8) is 0 Å². The molecule has 0 atom stereocenters. The van der Waals surface area contributed by atoms with E-state index in [1.807, 2.05) is 32.0 Å². The zero-order chi connectivity index (χ0) is 13.1. The van der Waals surface area contributed by atoms with Crippen LogP contribution in [0, 0.1) is 5.92 Å². The van der Waals surface area contributed by atoms with Gasteiger partial charge in [-0.2, -0.15) is 0 Å². The Hall–Kier alpha value is -1.31. The Morgan fingerprint density at radius 1 is 1.29 bits per heavy atom. The third-order valence-corrected chi connectivity index (χ3v) is 2.51. The van der Waals surface area contributed by atoms with Gasteiger partial charge in [0.15, 0.2) is 0 Å². The molecule has 0 aliphatic heterocycles. The van der Waals surface area contributed by atoms with Crippen molar-refractivity contribution in [2.24, 2.45) is 5.92 Å². The highest BCUT2D eigenvalue weighted by Crippen LogP contribution is 2.25. The zero-order valence-electron chi connectivity index (χ0n) is 11.4. The zero-order valence-corrected chi connectivity index (χ0v) is 11.4. The van der Waals surface area contributed by atoms with Crippen molar-refractivity contribution >= 4 is 5.97 Å². The molecule has 0 saturated carbocycles. The first kappa shape index (κ1) is 13.8. The predicted octanol–water partition coefficient (Wildman–Crippen LogP) is 3.94. The topological polar surface area (TPSA) is 26.3 Å². The van der Waals surface area contributed by atoms with Gasteiger partial charge >= 0.3 is 5.97 Å². The summed E-state index contributed by atoms with van der Waals surface area (Å²) >= 11 is 0. The summed E-state index contributed by atoms with van der Waals surface area (Å²) in [6.07, 6.45) is 0.458. The minimum Gasteiger partial charge on any atom is -0.427 e. The molecular weight excluding hydrogens is 212 g/mol. The second-order valence-corrected chi connectivity index (χ2v) is 5.85. The van der Waals surface area contributed by atoms with Crippen LogP contribution in [-0.2, 0) is 10.2 Å². The molecule has 17 heavy (non-hydrogen) atoms. The Labute approximate surface area is 104 Å². The quantitative estimate of drug-likeness (QED) is 0.585. The lowest BCUT2D eigenvalue weighted by Gasteiger charge is -2.19. The van der Waals surface area contributed by atoms with Crippen LogP contribution >= 0.6 is 0 Å². The summed E-state index contributed by atoms with van der Waals surface area (Å²) in [4.78, 5) is 11.6. The Bertz CT molecular complexity index is 386.